The number of hydrogen-bond donors (Lipinski definition) is 1. The van der Waals surface area contributed by atoms with Gasteiger partial charge in [0.2, 0.25) is 6.41 Å². The van der Waals surface area contributed by atoms with Crippen molar-refractivity contribution >= 4 is 18.0 Å². The van der Waals surface area contributed by atoms with E-state index in [1.165, 1.54) is 0 Å². The molecule has 1 amide bonds. The number of hydrogen-bond acceptors (Lipinski definition) is 1. The lowest BCUT2D eigenvalue weighted by atomic mass is 10.3. The Labute approximate surface area is 54.2 Å². The van der Waals surface area contributed by atoms with Crippen LogP contribution in [0.15, 0.2) is 0 Å². The number of halogens is 1. The van der Waals surface area contributed by atoms with Gasteiger partial charge in [-0.2, -0.15) is 0 Å². The maximum Gasteiger partial charge on any atom is 0.208 e. The topological polar surface area (TPSA) is 29.1 Å². The predicted molar refractivity (Wildman–Crippen MR) is 33.7 cm³/mol. The van der Waals surface area contributed by atoms with Crippen LogP contribution in [0.5, 0.6) is 0 Å². The number of amides is 1. The third kappa shape index (κ3) is 3.93. The zero-order chi connectivity index (χ0) is 6.41. The van der Waals surface area contributed by atoms with Crippen LogP contribution in [0.3, 0.4) is 0 Å². The van der Waals surface area contributed by atoms with Crippen molar-refractivity contribution in [1.82, 2.24) is 5.32 Å². The molecule has 0 rings (SSSR count). The summed E-state index contributed by atoms with van der Waals surface area (Å²) in [6.45, 7) is 2.02. The van der Waals surface area contributed by atoms with Crippen molar-refractivity contribution in [3.8, 4) is 0 Å². The largest absolute Gasteiger partial charge is 0.343 e. The Morgan fingerprint density at radius 1 is 1.88 bits per heavy atom. The summed E-state index contributed by atoms with van der Waals surface area (Å²) in [4.78, 5) is 9.69. The van der Waals surface area contributed by atoms with Crippen molar-refractivity contribution in [1.29, 1.82) is 0 Å². The highest BCUT2D eigenvalue weighted by Gasteiger charge is 1.96. The van der Waals surface area contributed by atoms with Crippen molar-refractivity contribution in [2.75, 3.05) is 0 Å². The Bertz CT molecular complexity index is 67.4. The molecule has 0 aliphatic heterocycles. The maximum atomic E-state index is 9.69. The molecule has 0 fully saturated rings. The Balaban J connectivity index is 3.03. The van der Waals surface area contributed by atoms with Crippen LogP contribution in [0, 0.1) is 0 Å². The molecule has 0 aliphatic rings. The van der Waals surface area contributed by atoms with E-state index in [2.05, 4.69) is 5.32 Å². The number of carbonyl (C=O) groups excluding carboxylic acids is 1. The summed E-state index contributed by atoms with van der Waals surface area (Å²) in [5.74, 6) is 0. The summed E-state index contributed by atoms with van der Waals surface area (Å²) in [6.07, 6.45) is 2.45. The molecule has 0 aromatic carbocycles. The molecule has 0 heterocycles. The van der Waals surface area contributed by atoms with Gasteiger partial charge in [-0.1, -0.05) is 24.9 Å². The van der Waals surface area contributed by atoms with Crippen molar-refractivity contribution in [3.63, 3.8) is 0 Å². The fourth-order valence-corrected chi connectivity index (χ4v) is 0.680. The minimum atomic E-state index is -0.183. The standard InChI is InChI=1S/C5H10ClNO/c1-2-3-5(6)7-4-8/h4-5H,2-3H2,1H3,(H,7,8). The lowest BCUT2D eigenvalue weighted by Gasteiger charge is -2.02. The Hall–Kier alpha value is -0.240. The molecule has 0 bridgehead atoms. The minimum Gasteiger partial charge on any atom is -0.343 e. The molecule has 3 heteroatoms. The van der Waals surface area contributed by atoms with Crippen molar-refractivity contribution in [3.05, 3.63) is 0 Å². The van der Waals surface area contributed by atoms with Crippen molar-refractivity contribution in [2.24, 2.45) is 0 Å². The van der Waals surface area contributed by atoms with Gasteiger partial charge in [-0.15, -0.1) is 0 Å². The summed E-state index contributed by atoms with van der Waals surface area (Å²) in [6, 6.07) is 0. The fourth-order valence-electron chi connectivity index (χ4n) is 0.411. The summed E-state index contributed by atoms with van der Waals surface area (Å²) < 4.78 is 0. The van der Waals surface area contributed by atoms with Gasteiger partial charge in [0, 0.05) is 0 Å². The zero-order valence-corrected chi connectivity index (χ0v) is 5.61. The number of rotatable bonds is 4. The summed E-state index contributed by atoms with van der Waals surface area (Å²) >= 11 is 5.54. The van der Waals surface area contributed by atoms with Gasteiger partial charge in [0.25, 0.3) is 0 Å². The molecule has 1 atom stereocenters. The van der Waals surface area contributed by atoms with E-state index in [0.717, 1.165) is 12.8 Å². The van der Waals surface area contributed by atoms with Gasteiger partial charge >= 0.3 is 0 Å². The first-order valence-corrected chi connectivity index (χ1v) is 3.08. The van der Waals surface area contributed by atoms with Crippen LogP contribution in [-0.2, 0) is 4.79 Å². The second-order valence-corrected chi connectivity index (χ2v) is 2.07. The molecule has 8 heavy (non-hydrogen) atoms. The van der Waals surface area contributed by atoms with Crippen LogP contribution < -0.4 is 5.32 Å². The quantitative estimate of drug-likeness (QED) is 0.349. The first kappa shape index (κ1) is 7.76. The third-order valence-corrected chi connectivity index (χ3v) is 1.14. The average molecular weight is 136 g/mol. The highest BCUT2D eigenvalue weighted by atomic mass is 35.5. The van der Waals surface area contributed by atoms with E-state index in [4.69, 9.17) is 11.6 Å². The monoisotopic (exact) mass is 135 g/mol. The molecule has 1 N–H and O–H groups in total. The smallest absolute Gasteiger partial charge is 0.208 e. The first-order chi connectivity index (χ1) is 3.81. The third-order valence-electron chi connectivity index (χ3n) is 0.791. The summed E-state index contributed by atoms with van der Waals surface area (Å²) in [5.41, 5.74) is -0.183. The Morgan fingerprint density at radius 3 is 2.88 bits per heavy atom. The number of carbonyl (C=O) groups is 1. The predicted octanol–water partition coefficient (Wildman–Crippen LogP) is 1.10. The van der Waals surface area contributed by atoms with Gasteiger partial charge in [-0.25, -0.2) is 0 Å². The Kier molecular flexibility index (Phi) is 4.76. The highest BCUT2D eigenvalue weighted by molar-refractivity contribution is 6.20. The fraction of sp³-hybridized carbons (Fsp3) is 0.800. The number of alkyl halides is 1. The molecular weight excluding hydrogens is 126 g/mol. The summed E-state index contributed by atoms with van der Waals surface area (Å²) in [7, 11) is 0. The molecule has 0 radical (unpaired) electrons. The lowest BCUT2D eigenvalue weighted by molar-refractivity contribution is -0.109. The average Bonchev–Trinajstić information content (AvgIpc) is 1.68. The number of nitrogens with one attached hydrogen (secondary N) is 1. The van der Waals surface area contributed by atoms with Gasteiger partial charge < -0.3 is 5.32 Å². The molecule has 0 saturated heterocycles. The lowest BCUT2D eigenvalue weighted by Crippen LogP contribution is -2.20. The highest BCUT2D eigenvalue weighted by Crippen LogP contribution is 1.98. The summed E-state index contributed by atoms with van der Waals surface area (Å²) in [5, 5.41) is 2.43. The Morgan fingerprint density at radius 2 is 2.50 bits per heavy atom. The van der Waals surface area contributed by atoms with E-state index >= 15 is 0 Å². The van der Waals surface area contributed by atoms with Gasteiger partial charge in [-0.3, -0.25) is 4.79 Å². The second kappa shape index (κ2) is 4.91. The molecule has 0 aromatic heterocycles. The van der Waals surface area contributed by atoms with E-state index < -0.39 is 0 Å². The molecule has 0 aliphatic carbocycles. The van der Waals surface area contributed by atoms with Crippen LogP contribution in [0.2, 0.25) is 0 Å². The van der Waals surface area contributed by atoms with Crippen LogP contribution in [-0.4, -0.2) is 11.9 Å². The van der Waals surface area contributed by atoms with Crippen molar-refractivity contribution < 1.29 is 4.79 Å². The van der Waals surface area contributed by atoms with Gasteiger partial charge in [0.05, 0.1) is 0 Å². The molecule has 0 saturated carbocycles. The first-order valence-electron chi connectivity index (χ1n) is 2.65. The van der Waals surface area contributed by atoms with E-state index in [1.54, 1.807) is 0 Å². The van der Waals surface area contributed by atoms with Crippen LogP contribution in [0.4, 0.5) is 0 Å². The normalized spacial score (nSPS) is 12.8. The molecule has 2 nitrogen and oxygen atoms in total. The minimum absolute atomic E-state index is 0.183. The van der Waals surface area contributed by atoms with E-state index in [9.17, 15) is 4.79 Å². The molecule has 1 unspecified atom stereocenters. The van der Waals surface area contributed by atoms with Crippen molar-refractivity contribution in [2.45, 2.75) is 25.3 Å². The van der Waals surface area contributed by atoms with Gasteiger partial charge in [0.1, 0.15) is 5.50 Å². The van der Waals surface area contributed by atoms with Crippen LogP contribution in [0.1, 0.15) is 19.8 Å². The van der Waals surface area contributed by atoms with Gasteiger partial charge in [-0.05, 0) is 6.42 Å². The van der Waals surface area contributed by atoms with E-state index in [1.807, 2.05) is 6.92 Å². The zero-order valence-electron chi connectivity index (χ0n) is 4.86. The molecular formula is C5H10ClNO. The molecule has 0 aromatic rings. The van der Waals surface area contributed by atoms with Crippen LogP contribution in [0.25, 0.3) is 0 Å². The maximum absolute atomic E-state index is 9.69. The van der Waals surface area contributed by atoms with Crippen LogP contribution >= 0.6 is 11.6 Å². The van der Waals surface area contributed by atoms with Gasteiger partial charge in [0.15, 0.2) is 0 Å². The SMILES string of the molecule is CCCC(Cl)NC=O. The van der Waals surface area contributed by atoms with E-state index in [-0.39, 0.29) is 5.50 Å². The molecule has 48 valence electrons. The second-order valence-electron chi connectivity index (χ2n) is 1.54. The molecule has 0 spiro atoms. The van der Waals surface area contributed by atoms with E-state index in [0.29, 0.717) is 6.41 Å².